The predicted molar refractivity (Wildman–Crippen MR) is 126 cm³/mol. The molecule has 1 aliphatic rings. The lowest BCUT2D eigenvalue weighted by atomic mass is 10.1. The Hall–Kier alpha value is -3.08. The van der Waals surface area contributed by atoms with Gasteiger partial charge in [0.2, 0.25) is 0 Å². The van der Waals surface area contributed by atoms with Gasteiger partial charge in [-0.2, -0.15) is 0 Å². The molecule has 0 spiro atoms. The molecule has 1 aliphatic heterocycles. The van der Waals surface area contributed by atoms with Crippen molar-refractivity contribution in [2.45, 2.75) is 6.54 Å². The predicted octanol–water partition coefficient (Wildman–Crippen LogP) is 7.26. The van der Waals surface area contributed by atoms with Gasteiger partial charge in [0.15, 0.2) is 0 Å². The Kier molecular flexibility index (Phi) is 5.26. The highest BCUT2D eigenvalue weighted by Crippen LogP contribution is 2.38. The highest BCUT2D eigenvalue weighted by Gasteiger charge is 2.18. The lowest BCUT2D eigenvalue weighted by molar-refractivity contribution is 0.483. The fraction of sp³-hybridized carbons (Fsp3) is 0.0800. The van der Waals surface area contributed by atoms with E-state index in [9.17, 15) is 0 Å². The molecule has 0 saturated heterocycles. The largest absolute Gasteiger partial charge is 0.457 e. The molecular formula is C25H19ClN2OS. The Morgan fingerprint density at radius 2 is 1.63 bits per heavy atom. The molecule has 1 aromatic heterocycles. The standard InChI is InChI=1S/C25H19ClN2OS/c26-20-10-6-18(7-11-20)16-28-17-27-15-25-23(28)14-24(30-25)19-8-12-22(13-9-19)29-21-4-2-1-3-5-21/h1-15H,16-17H2. The van der Waals surface area contributed by atoms with Gasteiger partial charge in [-0.1, -0.05) is 41.9 Å². The minimum Gasteiger partial charge on any atom is -0.457 e. The molecule has 30 heavy (non-hydrogen) atoms. The number of para-hydroxylation sites is 1. The molecule has 0 bridgehead atoms. The van der Waals surface area contributed by atoms with Crippen molar-refractivity contribution in [1.29, 1.82) is 0 Å². The van der Waals surface area contributed by atoms with E-state index in [0.29, 0.717) is 6.67 Å². The van der Waals surface area contributed by atoms with Crippen LogP contribution < -0.4 is 9.64 Å². The molecule has 0 atom stereocenters. The third kappa shape index (κ3) is 4.11. The van der Waals surface area contributed by atoms with Gasteiger partial charge in [0, 0.05) is 22.7 Å². The number of halogens is 1. The SMILES string of the molecule is Clc1ccc(CN2CN=Cc3sc(-c4ccc(Oc5ccccc5)cc4)cc32)cc1. The van der Waals surface area contributed by atoms with E-state index >= 15 is 0 Å². The van der Waals surface area contributed by atoms with Gasteiger partial charge in [-0.25, -0.2) is 0 Å². The summed E-state index contributed by atoms with van der Waals surface area (Å²) in [5.74, 6) is 1.67. The van der Waals surface area contributed by atoms with Crippen LogP contribution in [0.4, 0.5) is 5.69 Å². The zero-order valence-electron chi connectivity index (χ0n) is 16.2. The summed E-state index contributed by atoms with van der Waals surface area (Å²) in [5.41, 5.74) is 3.62. The second-order valence-electron chi connectivity index (χ2n) is 7.08. The van der Waals surface area contributed by atoms with Crippen LogP contribution in [-0.2, 0) is 6.54 Å². The second kappa shape index (κ2) is 8.34. The van der Waals surface area contributed by atoms with Gasteiger partial charge in [-0.3, -0.25) is 4.99 Å². The summed E-state index contributed by atoms with van der Waals surface area (Å²) in [7, 11) is 0. The van der Waals surface area contributed by atoms with Crippen LogP contribution in [0, 0.1) is 0 Å². The molecule has 4 aromatic rings. The van der Waals surface area contributed by atoms with Crippen LogP contribution in [0.2, 0.25) is 5.02 Å². The van der Waals surface area contributed by atoms with Gasteiger partial charge in [-0.05, 0) is 65.7 Å². The molecule has 0 unspecified atom stereocenters. The van der Waals surface area contributed by atoms with E-state index in [1.54, 1.807) is 11.3 Å². The number of ether oxygens (including phenoxy) is 1. The van der Waals surface area contributed by atoms with E-state index in [4.69, 9.17) is 16.3 Å². The molecule has 0 aliphatic carbocycles. The first-order valence-corrected chi connectivity index (χ1v) is 10.9. The summed E-state index contributed by atoms with van der Waals surface area (Å²) in [6.45, 7) is 1.47. The maximum absolute atomic E-state index is 6.02. The minimum atomic E-state index is 0.662. The van der Waals surface area contributed by atoms with Crippen molar-refractivity contribution >= 4 is 34.8 Å². The third-order valence-corrected chi connectivity index (χ3v) is 6.31. The first kappa shape index (κ1) is 18.9. The van der Waals surface area contributed by atoms with Gasteiger partial charge in [0.1, 0.15) is 18.2 Å². The first-order chi connectivity index (χ1) is 14.7. The highest BCUT2D eigenvalue weighted by molar-refractivity contribution is 7.17. The summed E-state index contributed by atoms with van der Waals surface area (Å²) < 4.78 is 5.91. The topological polar surface area (TPSA) is 24.8 Å². The second-order valence-corrected chi connectivity index (χ2v) is 8.60. The van der Waals surface area contributed by atoms with Crippen LogP contribution in [0.1, 0.15) is 10.4 Å². The van der Waals surface area contributed by atoms with Crippen molar-refractivity contribution in [1.82, 2.24) is 0 Å². The number of rotatable bonds is 5. The van der Waals surface area contributed by atoms with Crippen LogP contribution in [0.25, 0.3) is 10.4 Å². The molecule has 0 N–H and O–H groups in total. The van der Waals surface area contributed by atoms with Crippen molar-refractivity contribution < 1.29 is 4.74 Å². The number of benzene rings is 3. The third-order valence-electron chi connectivity index (χ3n) is 4.95. The molecule has 3 aromatic carbocycles. The maximum atomic E-state index is 6.02. The molecule has 2 heterocycles. The van der Waals surface area contributed by atoms with Gasteiger partial charge in [0.25, 0.3) is 0 Å². The Bertz CT molecular complexity index is 1170. The fourth-order valence-electron chi connectivity index (χ4n) is 3.43. The first-order valence-electron chi connectivity index (χ1n) is 9.71. The van der Waals surface area contributed by atoms with Crippen molar-refractivity contribution in [3.05, 3.63) is 100 Å². The molecular weight excluding hydrogens is 412 g/mol. The Morgan fingerprint density at radius 3 is 2.40 bits per heavy atom. The van der Waals surface area contributed by atoms with E-state index in [2.05, 4.69) is 40.2 Å². The minimum absolute atomic E-state index is 0.662. The zero-order chi connectivity index (χ0) is 20.3. The van der Waals surface area contributed by atoms with E-state index in [-0.39, 0.29) is 0 Å². The van der Waals surface area contributed by atoms with Gasteiger partial charge < -0.3 is 9.64 Å². The van der Waals surface area contributed by atoms with Crippen LogP contribution in [0.15, 0.2) is 89.9 Å². The number of hydrogen-bond donors (Lipinski definition) is 0. The zero-order valence-corrected chi connectivity index (χ0v) is 17.7. The number of anilines is 1. The lowest BCUT2D eigenvalue weighted by Gasteiger charge is -2.25. The van der Waals surface area contributed by atoms with Crippen molar-refractivity contribution in [3.8, 4) is 21.9 Å². The van der Waals surface area contributed by atoms with Crippen molar-refractivity contribution in [2.24, 2.45) is 4.99 Å². The molecule has 3 nitrogen and oxygen atoms in total. The van der Waals surface area contributed by atoms with Crippen molar-refractivity contribution in [2.75, 3.05) is 11.6 Å². The fourth-order valence-corrected chi connectivity index (χ4v) is 4.64. The highest BCUT2D eigenvalue weighted by atomic mass is 35.5. The molecule has 5 heteroatoms. The van der Waals surface area contributed by atoms with E-state index in [0.717, 1.165) is 23.1 Å². The van der Waals surface area contributed by atoms with Gasteiger partial charge in [-0.15, -0.1) is 11.3 Å². The Balaban J connectivity index is 1.36. The lowest BCUT2D eigenvalue weighted by Crippen LogP contribution is -2.25. The van der Waals surface area contributed by atoms with Crippen LogP contribution in [0.5, 0.6) is 11.5 Å². The van der Waals surface area contributed by atoms with Gasteiger partial charge >= 0.3 is 0 Å². The summed E-state index contributed by atoms with van der Waals surface area (Å²) in [5, 5.41) is 0.758. The Labute approximate surface area is 184 Å². The molecule has 148 valence electrons. The van der Waals surface area contributed by atoms with Crippen LogP contribution in [-0.4, -0.2) is 12.9 Å². The van der Waals surface area contributed by atoms with E-state index in [1.807, 2.05) is 60.8 Å². The monoisotopic (exact) mass is 430 g/mol. The van der Waals surface area contributed by atoms with Crippen molar-refractivity contribution in [3.63, 3.8) is 0 Å². The number of thiophene rings is 1. The van der Waals surface area contributed by atoms with E-state index < -0.39 is 0 Å². The number of aliphatic imine (C=N–C) groups is 1. The Morgan fingerprint density at radius 1 is 0.900 bits per heavy atom. The smallest absolute Gasteiger partial charge is 0.127 e. The average Bonchev–Trinajstić information content (AvgIpc) is 3.22. The molecule has 0 saturated carbocycles. The summed E-state index contributed by atoms with van der Waals surface area (Å²) in [6, 6.07) is 28.3. The number of hydrogen-bond acceptors (Lipinski definition) is 4. The molecule has 0 fully saturated rings. The van der Waals surface area contributed by atoms with Crippen LogP contribution >= 0.6 is 22.9 Å². The number of nitrogens with zero attached hydrogens (tertiary/aromatic N) is 2. The average molecular weight is 431 g/mol. The van der Waals surface area contributed by atoms with Gasteiger partial charge in [0.05, 0.1) is 10.6 Å². The molecule has 0 radical (unpaired) electrons. The number of fused-ring (bicyclic) bond motifs is 1. The molecule has 5 rings (SSSR count). The van der Waals surface area contributed by atoms with Crippen LogP contribution in [0.3, 0.4) is 0 Å². The quantitative estimate of drug-likeness (QED) is 0.333. The normalized spacial score (nSPS) is 12.6. The van der Waals surface area contributed by atoms with E-state index in [1.165, 1.54) is 26.6 Å². The maximum Gasteiger partial charge on any atom is 0.127 e. The summed E-state index contributed by atoms with van der Waals surface area (Å²) in [6.07, 6.45) is 1.98. The summed E-state index contributed by atoms with van der Waals surface area (Å²) >= 11 is 7.78. The molecule has 0 amide bonds. The summed E-state index contributed by atoms with van der Waals surface area (Å²) in [4.78, 5) is 9.26.